The molecule has 0 spiro atoms. The van der Waals surface area contributed by atoms with Gasteiger partial charge in [-0.1, -0.05) is 6.92 Å². The summed E-state index contributed by atoms with van der Waals surface area (Å²) in [7, 11) is 1.48. The summed E-state index contributed by atoms with van der Waals surface area (Å²) < 4.78 is 46.3. The van der Waals surface area contributed by atoms with Crippen LogP contribution in [0, 0.1) is 5.53 Å². The summed E-state index contributed by atoms with van der Waals surface area (Å²) in [6.45, 7) is 1.87. The van der Waals surface area contributed by atoms with Crippen LogP contribution in [0.4, 0.5) is 24.8 Å². The van der Waals surface area contributed by atoms with Gasteiger partial charge in [-0.3, -0.25) is 0 Å². The molecule has 4 aromatic heterocycles. The smallest absolute Gasteiger partial charge is 0.416 e. The van der Waals surface area contributed by atoms with Crippen molar-refractivity contribution in [3.63, 3.8) is 0 Å². The van der Waals surface area contributed by atoms with E-state index in [1.165, 1.54) is 26.0 Å². The highest BCUT2D eigenvalue weighted by molar-refractivity contribution is 6.01. The van der Waals surface area contributed by atoms with E-state index in [1.807, 2.05) is 6.92 Å². The molecule has 0 fully saturated rings. The first kappa shape index (κ1) is 24.5. The van der Waals surface area contributed by atoms with Gasteiger partial charge in [-0.15, -0.1) is 0 Å². The Kier molecular flexibility index (Phi) is 6.76. The molecule has 186 valence electrons. The predicted octanol–water partition coefficient (Wildman–Crippen LogP) is 4.83. The summed E-state index contributed by atoms with van der Waals surface area (Å²) in [4.78, 5) is 20.6. The lowest BCUT2D eigenvalue weighted by Gasteiger charge is -2.18. The zero-order valence-corrected chi connectivity index (χ0v) is 19.2. The zero-order chi connectivity index (χ0) is 25.9. The van der Waals surface area contributed by atoms with Crippen LogP contribution in [0.2, 0.25) is 0 Å². The number of nitrogens with two attached hydrogens (primary N) is 1. The summed E-state index contributed by atoms with van der Waals surface area (Å²) in [6.07, 6.45) is 4.33. The number of pyridine rings is 1. The van der Waals surface area contributed by atoms with Crippen LogP contribution < -0.4 is 15.8 Å². The Morgan fingerprint density at radius 2 is 2.06 bits per heavy atom. The van der Waals surface area contributed by atoms with E-state index in [9.17, 15) is 13.2 Å². The molecule has 4 N–H and O–H groups in total. The fourth-order valence-electron chi connectivity index (χ4n) is 3.80. The average Bonchev–Trinajstić information content (AvgIpc) is 3.26. The molecule has 0 bridgehead atoms. The number of hydrogen-bond acceptors (Lipinski definition) is 10. The van der Waals surface area contributed by atoms with Crippen LogP contribution in [-0.4, -0.2) is 36.6 Å². The van der Waals surface area contributed by atoms with Gasteiger partial charge in [-0.2, -0.15) is 18.3 Å². The van der Waals surface area contributed by atoms with Gasteiger partial charge in [-0.05, 0) is 18.6 Å². The van der Waals surface area contributed by atoms with Crippen LogP contribution in [0.5, 0.6) is 5.88 Å². The second-order valence-electron chi connectivity index (χ2n) is 7.53. The highest BCUT2D eigenvalue weighted by Gasteiger charge is 2.30. The van der Waals surface area contributed by atoms with E-state index in [-0.39, 0.29) is 17.3 Å². The summed E-state index contributed by atoms with van der Waals surface area (Å²) >= 11 is 0. The molecular formula is C22H21F3N10O. The van der Waals surface area contributed by atoms with Crippen molar-refractivity contribution in [3.8, 4) is 17.0 Å². The van der Waals surface area contributed by atoms with Gasteiger partial charge in [-0.25, -0.2) is 30.5 Å². The number of rotatable bonds is 8. The molecule has 4 rings (SSSR count). The average molecular weight is 498 g/mol. The van der Waals surface area contributed by atoms with E-state index in [1.54, 1.807) is 17.0 Å². The lowest BCUT2D eigenvalue weighted by Crippen LogP contribution is -2.11. The SMILES string of the molecule is CCC(/C(=C/Nc1cc(C(F)(F)F)ccn1)N=N)n1cc(-c2cncnc2OC)c2c(N)ncnc21. The van der Waals surface area contributed by atoms with Crippen LogP contribution in [0.1, 0.15) is 24.9 Å². The summed E-state index contributed by atoms with van der Waals surface area (Å²) in [5, 5.41) is 6.86. The summed E-state index contributed by atoms with van der Waals surface area (Å²) in [6, 6.07) is 1.21. The van der Waals surface area contributed by atoms with Crippen molar-refractivity contribution >= 4 is 22.7 Å². The van der Waals surface area contributed by atoms with Gasteiger partial charge in [0.1, 0.15) is 35.6 Å². The number of alkyl halides is 3. The number of hydrogen-bond donors (Lipinski definition) is 3. The lowest BCUT2D eigenvalue weighted by atomic mass is 10.1. The first-order chi connectivity index (χ1) is 17.3. The molecule has 0 aliphatic rings. The van der Waals surface area contributed by atoms with E-state index in [2.05, 4.69) is 35.4 Å². The standard InChI is InChI=1S/C22H21F3N10O/c1-3-16(15(34-27)8-30-17-6-12(4-5-29-17)22(23,24)25)35-9-14(13-7-28-10-33-21(13)36-2)18-19(26)31-11-32-20(18)35/h4-11,16,27H,3H2,1-2H3,(H,29,30)(H2,26,31,32)/b15-8-,34-27?. The lowest BCUT2D eigenvalue weighted by molar-refractivity contribution is -0.137. The molecule has 0 radical (unpaired) electrons. The minimum Gasteiger partial charge on any atom is -0.480 e. The van der Waals surface area contributed by atoms with E-state index >= 15 is 0 Å². The molecule has 0 saturated heterocycles. The Balaban J connectivity index is 1.80. The third-order valence-corrected chi connectivity index (χ3v) is 5.45. The zero-order valence-electron chi connectivity index (χ0n) is 19.2. The Bertz CT molecular complexity index is 1430. The molecule has 4 heterocycles. The Morgan fingerprint density at radius 1 is 1.25 bits per heavy atom. The maximum absolute atomic E-state index is 13.1. The number of nitrogen functional groups attached to an aromatic ring is 1. The minimum absolute atomic E-state index is 0.0448. The van der Waals surface area contributed by atoms with Crippen LogP contribution in [0.25, 0.3) is 22.2 Å². The third kappa shape index (κ3) is 4.64. The second-order valence-corrected chi connectivity index (χ2v) is 7.53. The van der Waals surface area contributed by atoms with Crippen molar-refractivity contribution in [2.45, 2.75) is 25.6 Å². The Labute approximate surface area is 202 Å². The molecular weight excluding hydrogens is 477 g/mol. The first-order valence-corrected chi connectivity index (χ1v) is 10.6. The van der Waals surface area contributed by atoms with Gasteiger partial charge in [0.05, 0.1) is 29.7 Å². The molecule has 0 aromatic carbocycles. The van der Waals surface area contributed by atoms with E-state index in [0.717, 1.165) is 18.3 Å². The fraction of sp³-hybridized carbons (Fsp3) is 0.227. The number of allylic oxidation sites excluding steroid dienone is 1. The van der Waals surface area contributed by atoms with Crippen LogP contribution in [0.15, 0.2) is 60.4 Å². The number of anilines is 2. The largest absolute Gasteiger partial charge is 0.480 e. The molecule has 14 heteroatoms. The van der Waals surface area contributed by atoms with Gasteiger partial charge < -0.3 is 20.4 Å². The molecule has 1 atom stereocenters. The normalized spacial score (nSPS) is 13.0. The van der Waals surface area contributed by atoms with Crippen molar-refractivity contribution in [2.24, 2.45) is 5.11 Å². The number of methoxy groups -OCH3 is 1. The topological polar surface area (TPSA) is 153 Å². The van der Waals surface area contributed by atoms with Crippen molar-refractivity contribution in [2.75, 3.05) is 18.2 Å². The van der Waals surface area contributed by atoms with Gasteiger partial charge >= 0.3 is 6.18 Å². The predicted molar refractivity (Wildman–Crippen MR) is 125 cm³/mol. The van der Waals surface area contributed by atoms with Gasteiger partial charge in [0.2, 0.25) is 5.88 Å². The van der Waals surface area contributed by atoms with Crippen LogP contribution in [0.3, 0.4) is 0 Å². The number of nitrogens with zero attached hydrogens (tertiary/aromatic N) is 7. The fourth-order valence-corrected chi connectivity index (χ4v) is 3.80. The summed E-state index contributed by atoms with van der Waals surface area (Å²) in [5.41, 5.74) is 14.9. The molecule has 4 aromatic rings. The van der Waals surface area contributed by atoms with E-state index in [0.29, 0.717) is 34.5 Å². The second kappa shape index (κ2) is 9.93. The highest BCUT2D eigenvalue weighted by atomic mass is 19.4. The summed E-state index contributed by atoms with van der Waals surface area (Å²) in [5.74, 6) is 0.490. The number of halogens is 3. The highest BCUT2D eigenvalue weighted by Crippen LogP contribution is 2.39. The monoisotopic (exact) mass is 498 g/mol. The van der Waals surface area contributed by atoms with Gasteiger partial charge in [0.15, 0.2) is 0 Å². The van der Waals surface area contributed by atoms with Crippen molar-refractivity contribution in [1.82, 2.24) is 29.5 Å². The number of nitrogens with one attached hydrogen (secondary N) is 2. The van der Waals surface area contributed by atoms with Crippen LogP contribution >= 0.6 is 0 Å². The maximum Gasteiger partial charge on any atom is 0.416 e. The van der Waals surface area contributed by atoms with E-state index < -0.39 is 17.8 Å². The number of ether oxygens (including phenoxy) is 1. The number of aromatic nitrogens is 6. The third-order valence-electron chi connectivity index (χ3n) is 5.45. The molecule has 0 saturated carbocycles. The molecule has 36 heavy (non-hydrogen) atoms. The van der Waals surface area contributed by atoms with Gasteiger partial charge in [0.25, 0.3) is 0 Å². The first-order valence-electron chi connectivity index (χ1n) is 10.6. The Hall–Kier alpha value is -4.62. The van der Waals surface area contributed by atoms with Crippen LogP contribution in [-0.2, 0) is 6.18 Å². The number of fused-ring (bicyclic) bond motifs is 1. The van der Waals surface area contributed by atoms with E-state index in [4.69, 9.17) is 16.0 Å². The molecule has 0 aliphatic carbocycles. The molecule has 11 nitrogen and oxygen atoms in total. The quantitative estimate of drug-likeness (QED) is 0.292. The minimum atomic E-state index is -4.51. The van der Waals surface area contributed by atoms with Crippen molar-refractivity contribution in [1.29, 1.82) is 5.53 Å². The Morgan fingerprint density at radius 3 is 2.75 bits per heavy atom. The van der Waals surface area contributed by atoms with Crippen molar-refractivity contribution in [3.05, 3.63) is 60.8 Å². The molecule has 1 unspecified atom stereocenters. The maximum atomic E-state index is 13.1. The van der Waals surface area contributed by atoms with Gasteiger partial charge in [0, 0.05) is 30.4 Å². The van der Waals surface area contributed by atoms with Crippen molar-refractivity contribution < 1.29 is 17.9 Å². The molecule has 0 aliphatic heterocycles. The molecule has 0 amide bonds.